The molecule has 2 N–H and O–H groups in total. The molecule has 0 saturated heterocycles. The van der Waals surface area contributed by atoms with Gasteiger partial charge in [0.2, 0.25) is 0 Å². The highest BCUT2D eigenvalue weighted by Gasteiger charge is 2.27. The molecule has 0 fully saturated rings. The largest absolute Gasteiger partial charge is 0.497 e. The zero-order valence-electron chi connectivity index (χ0n) is 11.5. The van der Waals surface area contributed by atoms with Crippen LogP contribution in [-0.4, -0.2) is 7.11 Å². The van der Waals surface area contributed by atoms with Crippen molar-refractivity contribution in [2.45, 2.75) is 18.6 Å². The summed E-state index contributed by atoms with van der Waals surface area (Å²) < 4.78 is 25.0. The predicted octanol–water partition coefficient (Wildman–Crippen LogP) is 4.12. The molecule has 2 aromatic rings. The van der Waals surface area contributed by atoms with Crippen molar-refractivity contribution < 1.29 is 13.9 Å². The van der Waals surface area contributed by atoms with E-state index in [2.05, 4.69) is 15.9 Å². The Labute approximate surface area is 131 Å². The maximum absolute atomic E-state index is 13.3. The summed E-state index contributed by atoms with van der Waals surface area (Å²) in [5, 5.41) is 0. The molecule has 3 nitrogen and oxygen atoms in total. The van der Waals surface area contributed by atoms with E-state index in [1.807, 2.05) is 18.2 Å². The normalized spacial score (nSPS) is 20.6. The summed E-state index contributed by atoms with van der Waals surface area (Å²) in [6.45, 7) is 0. The van der Waals surface area contributed by atoms with Crippen molar-refractivity contribution in [3.63, 3.8) is 0 Å². The van der Waals surface area contributed by atoms with Gasteiger partial charge in [0.15, 0.2) is 0 Å². The van der Waals surface area contributed by atoms with Crippen molar-refractivity contribution in [1.29, 1.82) is 0 Å². The molecule has 1 aliphatic heterocycles. The van der Waals surface area contributed by atoms with Crippen LogP contribution in [0.5, 0.6) is 11.5 Å². The monoisotopic (exact) mass is 351 g/mol. The summed E-state index contributed by atoms with van der Waals surface area (Å²) in [5.74, 6) is 1.22. The molecule has 1 heterocycles. The van der Waals surface area contributed by atoms with Crippen LogP contribution in [0.1, 0.15) is 29.7 Å². The van der Waals surface area contributed by atoms with Gasteiger partial charge in [0.1, 0.15) is 23.4 Å². The number of ether oxygens (including phenoxy) is 2. The molecular weight excluding hydrogens is 337 g/mol. The Bertz CT molecular complexity index is 677. The Morgan fingerprint density at radius 2 is 2.10 bits per heavy atom. The molecule has 1 unspecified atom stereocenters. The van der Waals surface area contributed by atoms with Crippen molar-refractivity contribution in [3.8, 4) is 11.5 Å². The van der Waals surface area contributed by atoms with Gasteiger partial charge >= 0.3 is 0 Å². The first-order chi connectivity index (χ1) is 10.1. The SMILES string of the molecule is COc1ccc2c(c1)[C@@H](N)CC(c1ccc(F)c(Br)c1)O2. The van der Waals surface area contributed by atoms with Gasteiger partial charge in [-0.25, -0.2) is 4.39 Å². The van der Waals surface area contributed by atoms with Crippen LogP contribution in [0.25, 0.3) is 0 Å². The number of benzene rings is 2. The summed E-state index contributed by atoms with van der Waals surface area (Å²) in [7, 11) is 1.62. The molecule has 21 heavy (non-hydrogen) atoms. The Hall–Kier alpha value is -1.59. The lowest BCUT2D eigenvalue weighted by Gasteiger charge is -2.31. The van der Waals surface area contributed by atoms with Gasteiger partial charge in [0.05, 0.1) is 11.6 Å². The molecule has 5 heteroatoms. The molecule has 0 bridgehead atoms. The molecule has 0 aromatic heterocycles. The Balaban J connectivity index is 1.92. The Morgan fingerprint density at radius 3 is 2.81 bits per heavy atom. The molecule has 0 saturated carbocycles. The average molecular weight is 352 g/mol. The molecule has 3 rings (SSSR count). The van der Waals surface area contributed by atoms with Gasteiger partial charge in [-0.1, -0.05) is 6.07 Å². The van der Waals surface area contributed by atoms with E-state index in [-0.39, 0.29) is 18.0 Å². The van der Waals surface area contributed by atoms with Crippen LogP contribution in [0.3, 0.4) is 0 Å². The molecule has 0 amide bonds. The third-order valence-electron chi connectivity index (χ3n) is 3.67. The highest BCUT2D eigenvalue weighted by molar-refractivity contribution is 9.10. The first kappa shape index (κ1) is 14.4. The highest BCUT2D eigenvalue weighted by Crippen LogP contribution is 2.41. The summed E-state index contributed by atoms with van der Waals surface area (Å²) in [5.41, 5.74) is 8.08. The topological polar surface area (TPSA) is 44.5 Å². The predicted molar refractivity (Wildman–Crippen MR) is 82.0 cm³/mol. The Kier molecular flexibility index (Phi) is 3.87. The van der Waals surface area contributed by atoms with E-state index in [4.69, 9.17) is 15.2 Å². The Morgan fingerprint density at radius 1 is 1.29 bits per heavy atom. The molecule has 2 atom stereocenters. The maximum atomic E-state index is 13.3. The van der Waals surface area contributed by atoms with Crippen molar-refractivity contribution in [2.24, 2.45) is 5.73 Å². The van der Waals surface area contributed by atoms with Crippen LogP contribution in [0.4, 0.5) is 4.39 Å². The van der Waals surface area contributed by atoms with E-state index in [1.54, 1.807) is 19.2 Å². The van der Waals surface area contributed by atoms with Crippen LogP contribution in [0, 0.1) is 5.82 Å². The fraction of sp³-hybridized carbons (Fsp3) is 0.250. The molecular formula is C16H15BrFNO2. The third-order valence-corrected chi connectivity index (χ3v) is 4.28. The van der Waals surface area contributed by atoms with Gasteiger partial charge in [-0.05, 0) is 51.8 Å². The highest BCUT2D eigenvalue weighted by atomic mass is 79.9. The van der Waals surface area contributed by atoms with E-state index in [0.717, 1.165) is 22.6 Å². The number of rotatable bonds is 2. The van der Waals surface area contributed by atoms with Crippen LogP contribution >= 0.6 is 15.9 Å². The van der Waals surface area contributed by atoms with E-state index < -0.39 is 0 Å². The number of hydrogen-bond donors (Lipinski definition) is 1. The van der Waals surface area contributed by atoms with Gasteiger partial charge in [-0.3, -0.25) is 0 Å². The van der Waals surface area contributed by atoms with Gasteiger partial charge in [-0.2, -0.15) is 0 Å². The lowest BCUT2D eigenvalue weighted by atomic mass is 9.93. The molecule has 2 aromatic carbocycles. The number of halogens is 2. The van der Waals surface area contributed by atoms with Crippen molar-refractivity contribution in [2.75, 3.05) is 7.11 Å². The fourth-order valence-corrected chi connectivity index (χ4v) is 2.92. The number of methoxy groups -OCH3 is 1. The number of fused-ring (bicyclic) bond motifs is 1. The zero-order chi connectivity index (χ0) is 15.0. The average Bonchev–Trinajstić information content (AvgIpc) is 2.49. The van der Waals surface area contributed by atoms with E-state index in [1.165, 1.54) is 6.07 Å². The fourth-order valence-electron chi connectivity index (χ4n) is 2.53. The number of nitrogens with two attached hydrogens (primary N) is 1. The second kappa shape index (κ2) is 5.66. The lowest BCUT2D eigenvalue weighted by molar-refractivity contribution is 0.161. The summed E-state index contributed by atoms with van der Waals surface area (Å²) >= 11 is 3.20. The minimum absolute atomic E-state index is 0.141. The van der Waals surface area contributed by atoms with E-state index in [0.29, 0.717) is 10.9 Å². The molecule has 1 aliphatic rings. The second-order valence-electron chi connectivity index (χ2n) is 5.03. The third kappa shape index (κ3) is 2.76. The van der Waals surface area contributed by atoms with Crippen LogP contribution in [-0.2, 0) is 0 Å². The second-order valence-corrected chi connectivity index (χ2v) is 5.88. The minimum Gasteiger partial charge on any atom is -0.497 e. The summed E-state index contributed by atoms with van der Waals surface area (Å²) in [6, 6.07) is 10.4. The number of hydrogen-bond acceptors (Lipinski definition) is 3. The molecule has 0 radical (unpaired) electrons. The van der Waals surface area contributed by atoms with E-state index >= 15 is 0 Å². The van der Waals surface area contributed by atoms with Crippen LogP contribution in [0.15, 0.2) is 40.9 Å². The van der Waals surface area contributed by atoms with Crippen molar-refractivity contribution in [3.05, 3.63) is 57.8 Å². The van der Waals surface area contributed by atoms with Gasteiger partial charge in [0.25, 0.3) is 0 Å². The van der Waals surface area contributed by atoms with Crippen molar-refractivity contribution >= 4 is 15.9 Å². The van der Waals surface area contributed by atoms with Crippen LogP contribution in [0.2, 0.25) is 0 Å². The smallest absolute Gasteiger partial charge is 0.137 e. The first-order valence-corrected chi connectivity index (χ1v) is 7.43. The van der Waals surface area contributed by atoms with Gasteiger partial charge in [0, 0.05) is 18.0 Å². The maximum Gasteiger partial charge on any atom is 0.137 e. The first-order valence-electron chi connectivity index (χ1n) is 6.63. The molecule has 0 spiro atoms. The molecule has 0 aliphatic carbocycles. The quantitative estimate of drug-likeness (QED) is 0.884. The lowest BCUT2D eigenvalue weighted by Crippen LogP contribution is -2.24. The standard InChI is InChI=1S/C16H15BrFNO2/c1-20-10-3-5-15-11(7-10)14(19)8-16(21-15)9-2-4-13(18)12(17)6-9/h2-7,14,16H,8,19H2,1H3/t14-,16?/m0/s1. The van der Waals surface area contributed by atoms with Gasteiger partial charge in [-0.15, -0.1) is 0 Å². The zero-order valence-corrected chi connectivity index (χ0v) is 13.1. The minimum atomic E-state index is -0.288. The summed E-state index contributed by atoms with van der Waals surface area (Å²) in [4.78, 5) is 0. The van der Waals surface area contributed by atoms with Gasteiger partial charge < -0.3 is 15.2 Å². The van der Waals surface area contributed by atoms with Crippen LogP contribution < -0.4 is 15.2 Å². The van der Waals surface area contributed by atoms with Crippen molar-refractivity contribution in [1.82, 2.24) is 0 Å². The summed E-state index contributed by atoms with van der Waals surface area (Å²) in [6.07, 6.45) is 0.455. The van der Waals surface area contributed by atoms with E-state index in [9.17, 15) is 4.39 Å². The molecule has 110 valence electrons.